The monoisotopic (exact) mass is 296 g/mol. The van der Waals surface area contributed by atoms with Crippen molar-refractivity contribution in [1.29, 1.82) is 5.26 Å². The second kappa shape index (κ2) is 5.09. The molecule has 1 aliphatic carbocycles. The maximum Gasteiger partial charge on any atom is 0.101 e. The summed E-state index contributed by atoms with van der Waals surface area (Å²) in [6.07, 6.45) is 1.03. The molecule has 0 heterocycles. The summed E-state index contributed by atoms with van der Waals surface area (Å²) >= 11 is 6.08. The van der Waals surface area contributed by atoms with Gasteiger partial charge in [0.05, 0.1) is 17.3 Å². The first-order valence-electron chi connectivity index (χ1n) is 7.05. The Morgan fingerprint density at radius 3 is 2.76 bits per heavy atom. The molecule has 3 heteroatoms. The summed E-state index contributed by atoms with van der Waals surface area (Å²) in [4.78, 5) is 0. The van der Waals surface area contributed by atoms with Crippen LogP contribution in [-0.2, 0) is 6.42 Å². The summed E-state index contributed by atoms with van der Waals surface area (Å²) in [6.45, 7) is 4.50. The van der Waals surface area contributed by atoms with Crippen molar-refractivity contribution >= 4 is 17.3 Å². The van der Waals surface area contributed by atoms with Crippen LogP contribution in [0.1, 0.15) is 36.6 Å². The fourth-order valence-electron chi connectivity index (χ4n) is 3.15. The van der Waals surface area contributed by atoms with Crippen molar-refractivity contribution in [2.24, 2.45) is 5.41 Å². The zero-order chi connectivity index (χ0) is 15.0. The van der Waals surface area contributed by atoms with Crippen LogP contribution in [0.15, 0.2) is 42.5 Å². The molecule has 0 radical (unpaired) electrons. The van der Waals surface area contributed by atoms with Crippen LogP contribution in [0, 0.1) is 16.7 Å². The number of nitrogens with zero attached hydrogens (tertiary/aromatic N) is 1. The molecule has 0 bridgehead atoms. The molecule has 1 aliphatic rings. The number of hydrogen-bond acceptors (Lipinski definition) is 2. The Morgan fingerprint density at radius 2 is 2.00 bits per heavy atom. The minimum Gasteiger partial charge on any atom is -0.377 e. The zero-order valence-electron chi connectivity index (χ0n) is 12.2. The first-order chi connectivity index (χ1) is 10.0. The normalized spacial score (nSPS) is 18.9. The van der Waals surface area contributed by atoms with Crippen molar-refractivity contribution in [3.63, 3.8) is 0 Å². The SMILES string of the molecule is CC1(C)Cc2ccccc2C1Nc1cc(Cl)ccc1C#N. The van der Waals surface area contributed by atoms with Crippen molar-refractivity contribution in [1.82, 2.24) is 0 Å². The van der Waals surface area contributed by atoms with Crippen LogP contribution in [0.25, 0.3) is 0 Å². The third-order valence-electron chi connectivity index (χ3n) is 4.20. The highest BCUT2D eigenvalue weighted by Gasteiger charge is 2.38. The van der Waals surface area contributed by atoms with Crippen LogP contribution in [0.4, 0.5) is 5.69 Å². The van der Waals surface area contributed by atoms with Gasteiger partial charge < -0.3 is 5.32 Å². The Labute approximate surface area is 130 Å². The van der Waals surface area contributed by atoms with Crippen LogP contribution in [0.5, 0.6) is 0 Å². The molecule has 106 valence electrons. The van der Waals surface area contributed by atoms with Crippen molar-refractivity contribution < 1.29 is 0 Å². The van der Waals surface area contributed by atoms with E-state index >= 15 is 0 Å². The number of anilines is 1. The Bertz CT molecular complexity index is 728. The predicted molar refractivity (Wildman–Crippen MR) is 86.5 cm³/mol. The lowest BCUT2D eigenvalue weighted by molar-refractivity contribution is 0.337. The highest BCUT2D eigenvalue weighted by molar-refractivity contribution is 6.30. The van der Waals surface area contributed by atoms with Crippen LogP contribution >= 0.6 is 11.6 Å². The van der Waals surface area contributed by atoms with Gasteiger partial charge in [-0.2, -0.15) is 5.26 Å². The molecule has 3 rings (SSSR count). The molecule has 21 heavy (non-hydrogen) atoms. The molecule has 1 unspecified atom stereocenters. The number of rotatable bonds is 2. The maximum atomic E-state index is 9.28. The second-order valence-corrected chi connectivity index (χ2v) is 6.68. The summed E-state index contributed by atoms with van der Waals surface area (Å²) in [7, 11) is 0. The molecule has 0 spiro atoms. The number of hydrogen-bond donors (Lipinski definition) is 1. The minimum absolute atomic E-state index is 0.0960. The first kappa shape index (κ1) is 14.0. The molecule has 2 nitrogen and oxygen atoms in total. The Kier molecular flexibility index (Phi) is 3.39. The van der Waals surface area contributed by atoms with Gasteiger partial charge in [-0.15, -0.1) is 0 Å². The fraction of sp³-hybridized carbons (Fsp3) is 0.278. The standard InChI is InChI=1S/C18H17ClN2/c1-18(2)10-12-5-3-4-6-15(12)17(18)21-16-9-14(19)8-7-13(16)11-20/h3-9,17,21H,10H2,1-2H3. The molecule has 0 aromatic heterocycles. The van der Waals surface area contributed by atoms with E-state index in [-0.39, 0.29) is 11.5 Å². The lowest BCUT2D eigenvalue weighted by Crippen LogP contribution is -2.24. The molecule has 2 aromatic rings. The van der Waals surface area contributed by atoms with E-state index in [1.165, 1.54) is 11.1 Å². The maximum absolute atomic E-state index is 9.28. The molecule has 0 saturated carbocycles. The van der Waals surface area contributed by atoms with E-state index in [4.69, 9.17) is 11.6 Å². The molecule has 0 saturated heterocycles. The highest BCUT2D eigenvalue weighted by Crippen LogP contribution is 2.47. The van der Waals surface area contributed by atoms with E-state index in [9.17, 15) is 5.26 Å². The summed E-state index contributed by atoms with van der Waals surface area (Å²) in [5, 5.41) is 13.5. The van der Waals surface area contributed by atoms with Gasteiger partial charge in [0, 0.05) is 5.02 Å². The van der Waals surface area contributed by atoms with Crippen LogP contribution in [0.3, 0.4) is 0 Å². The topological polar surface area (TPSA) is 35.8 Å². The van der Waals surface area contributed by atoms with Crippen molar-refractivity contribution in [2.45, 2.75) is 26.3 Å². The van der Waals surface area contributed by atoms with Gasteiger partial charge in [-0.3, -0.25) is 0 Å². The Morgan fingerprint density at radius 1 is 1.24 bits per heavy atom. The van der Waals surface area contributed by atoms with E-state index in [1.807, 2.05) is 6.07 Å². The predicted octanol–water partition coefficient (Wildman–Crippen LogP) is 4.95. The molecule has 2 aromatic carbocycles. The Balaban J connectivity index is 2.02. The van der Waals surface area contributed by atoms with Crippen LogP contribution in [-0.4, -0.2) is 0 Å². The van der Waals surface area contributed by atoms with Crippen molar-refractivity contribution in [3.05, 3.63) is 64.2 Å². The van der Waals surface area contributed by atoms with Crippen LogP contribution in [0.2, 0.25) is 5.02 Å². The van der Waals surface area contributed by atoms with Crippen molar-refractivity contribution in [2.75, 3.05) is 5.32 Å². The molecule has 1 atom stereocenters. The van der Waals surface area contributed by atoms with Gasteiger partial charge >= 0.3 is 0 Å². The minimum atomic E-state index is 0.0960. The zero-order valence-corrected chi connectivity index (χ0v) is 12.9. The van der Waals surface area contributed by atoms with E-state index in [1.54, 1.807) is 12.1 Å². The number of nitrogens with one attached hydrogen (secondary N) is 1. The number of nitriles is 1. The molecular formula is C18H17ClN2. The Hall–Kier alpha value is -1.98. The fourth-order valence-corrected chi connectivity index (χ4v) is 3.32. The molecule has 0 amide bonds. The van der Waals surface area contributed by atoms with Gasteiger partial charge in [0.15, 0.2) is 0 Å². The largest absolute Gasteiger partial charge is 0.377 e. The highest BCUT2D eigenvalue weighted by atomic mass is 35.5. The van der Waals surface area contributed by atoms with Gasteiger partial charge in [-0.25, -0.2) is 0 Å². The quantitative estimate of drug-likeness (QED) is 0.851. The summed E-state index contributed by atoms with van der Waals surface area (Å²) in [5.41, 5.74) is 4.21. The first-order valence-corrected chi connectivity index (χ1v) is 7.43. The van der Waals surface area contributed by atoms with E-state index in [0.717, 1.165) is 12.1 Å². The average molecular weight is 297 g/mol. The number of fused-ring (bicyclic) bond motifs is 1. The molecular weight excluding hydrogens is 280 g/mol. The van der Waals surface area contributed by atoms with Crippen molar-refractivity contribution in [3.8, 4) is 6.07 Å². The third-order valence-corrected chi connectivity index (χ3v) is 4.43. The lowest BCUT2D eigenvalue weighted by atomic mass is 9.85. The van der Waals surface area contributed by atoms with Gasteiger partial charge in [-0.1, -0.05) is 49.7 Å². The summed E-state index contributed by atoms with van der Waals surface area (Å²) < 4.78 is 0. The van der Waals surface area contributed by atoms with E-state index in [0.29, 0.717) is 10.6 Å². The third kappa shape index (κ3) is 2.50. The van der Waals surface area contributed by atoms with E-state index in [2.05, 4.69) is 49.5 Å². The lowest BCUT2D eigenvalue weighted by Gasteiger charge is -2.30. The summed E-state index contributed by atoms with van der Waals surface area (Å²) in [6, 6.07) is 16.2. The van der Waals surface area contributed by atoms with E-state index < -0.39 is 0 Å². The van der Waals surface area contributed by atoms with Gasteiger partial charge in [0.2, 0.25) is 0 Å². The van der Waals surface area contributed by atoms with Gasteiger partial charge in [-0.05, 0) is 41.2 Å². The molecule has 0 fully saturated rings. The average Bonchev–Trinajstić information content (AvgIpc) is 2.70. The van der Waals surface area contributed by atoms with Gasteiger partial charge in [0.25, 0.3) is 0 Å². The second-order valence-electron chi connectivity index (χ2n) is 6.24. The van der Waals surface area contributed by atoms with Crippen LogP contribution < -0.4 is 5.32 Å². The summed E-state index contributed by atoms with van der Waals surface area (Å²) in [5.74, 6) is 0. The number of benzene rings is 2. The van der Waals surface area contributed by atoms with Gasteiger partial charge in [0.1, 0.15) is 6.07 Å². The smallest absolute Gasteiger partial charge is 0.101 e. The molecule has 1 N–H and O–H groups in total. The molecule has 0 aliphatic heterocycles. The number of halogens is 1.